The maximum atomic E-state index is 4.50. The summed E-state index contributed by atoms with van der Waals surface area (Å²) < 4.78 is 0. The van der Waals surface area contributed by atoms with Crippen LogP contribution in [-0.2, 0) is 6.42 Å². The van der Waals surface area contributed by atoms with E-state index < -0.39 is 0 Å². The third-order valence-corrected chi connectivity index (χ3v) is 2.98. The van der Waals surface area contributed by atoms with Gasteiger partial charge in [-0.1, -0.05) is 31.2 Å². The molecule has 2 aromatic rings. The zero-order chi connectivity index (χ0) is 14.5. The Labute approximate surface area is 120 Å². The minimum absolute atomic E-state index is 0.612. The van der Waals surface area contributed by atoms with Crippen molar-refractivity contribution in [3.63, 3.8) is 0 Å². The van der Waals surface area contributed by atoms with E-state index in [9.17, 15) is 0 Å². The van der Waals surface area contributed by atoms with Crippen molar-refractivity contribution in [3.05, 3.63) is 29.8 Å². The molecule has 0 spiro atoms. The molecule has 20 heavy (non-hydrogen) atoms. The van der Waals surface area contributed by atoms with Crippen LogP contribution in [0.5, 0.6) is 0 Å². The summed E-state index contributed by atoms with van der Waals surface area (Å²) in [5.41, 5.74) is 2.31. The normalized spacial score (nSPS) is 10.4. The van der Waals surface area contributed by atoms with Crippen LogP contribution in [0.15, 0.2) is 24.3 Å². The van der Waals surface area contributed by atoms with Gasteiger partial charge in [-0.25, -0.2) is 0 Å². The van der Waals surface area contributed by atoms with Gasteiger partial charge in [0.25, 0.3) is 0 Å². The van der Waals surface area contributed by atoms with Gasteiger partial charge in [0, 0.05) is 26.2 Å². The molecule has 1 heterocycles. The van der Waals surface area contributed by atoms with Crippen molar-refractivity contribution in [1.82, 2.24) is 15.0 Å². The number of aryl methyl sites for hydroxylation is 1. The quantitative estimate of drug-likeness (QED) is 0.906. The first kappa shape index (κ1) is 14.2. The molecule has 5 nitrogen and oxygen atoms in total. The molecule has 0 saturated carbocycles. The summed E-state index contributed by atoms with van der Waals surface area (Å²) in [7, 11) is 3.85. The molecule has 0 bridgehead atoms. The van der Waals surface area contributed by atoms with Crippen LogP contribution in [0.2, 0.25) is 0 Å². The van der Waals surface area contributed by atoms with Gasteiger partial charge in [-0.05, 0) is 18.9 Å². The SMILES string of the molecule is CCNc1nc(-c2ccc(CC)cc2)nc(N(C)C)n1. The first-order chi connectivity index (χ1) is 9.63. The molecule has 0 aliphatic heterocycles. The number of hydrogen-bond donors (Lipinski definition) is 1. The molecule has 0 aliphatic rings. The molecule has 1 N–H and O–H groups in total. The predicted molar refractivity (Wildman–Crippen MR) is 83.1 cm³/mol. The number of aromatic nitrogens is 3. The summed E-state index contributed by atoms with van der Waals surface area (Å²) in [6, 6.07) is 8.34. The molecule has 0 atom stereocenters. The van der Waals surface area contributed by atoms with E-state index in [0.717, 1.165) is 18.5 Å². The molecule has 0 amide bonds. The highest BCUT2D eigenvalue weighted by atomic mass is 15.3. The highest BCUT2D eigenvalue weighted by Gasteiger charge is 2.09. The first-order valence-corrected chi connectivity index (χ1v) is 6.90. The van der Waals surface area contributed by atoms with Gasteiger partial charge in [0.15, 0.2) is 5.82 Å². The van der Waals surface area contributed by atoms with Crippen molar-refractivity contribution >= 4 is 11.9 Å². The molecule has 0 fully saturated rings. The first-order valence-electron chi connectivity index (χ1n) is 6.90. The van der Waals surface area contributed by atoms with Gasteiger partial charge in [0.05, 0.1) is 0 Å². The molecule has 0 unspecified atom stereocenters. The second-order valence-corrected chi connectivity index (χ2v) is 4.76. The van der Waals surface area contributed by atoms with E-state index in [-0.39, 0.29) is 0 Å². The third-order valence-electron chi connectivity index (χ3n) is 2.98. The Morgan fingerprint density at radius 2 is 1.70 bits per heavy atom. The highest BCUT2D eigenvalue weighted by molar-refractivity contribution is 5.58. The Balaban J connectivity index is 2.42. The summed E-state index contributed by atoms with van der Waals surface area (Å²) in [4.78, 5) is 15.2. The monoisotopic (exact) mass is 271 g/mol. The second-order valence-electron chi connectivity index (χ2n) is 4.76. The number of anilines is 2. The van der Waals surface area contributed by atoms with Crippen molar-refractivity contribution in [1.29, 1.82) is 0 Å². The second kappa shape index (κ2) is 6.32. The fourth-order valence-electron chi connectivity index (χ4n) is 1.82. The predicted octanol–water partition coefficient (Wildman–Crippen LogP) is 2.60. The fourth-order valence-corrected chi connectivity index (χ4v) is 1.82. The van der Waals surface area contributed by atoms with Crippen molar-refractivity contribution in [2.45, 2.75) is 20.3 Å². The van der Waals surface area contributed by atoms with Gasteiger partial charge < -0.3 is 10.2 Å². The van der Waals surface area contributed by atoms with E-state index in [0.29, 0.717) is 17.7 Å². The molecule has 0 radical (unpaired) electrons. The number of hydrogen-bond acceptors (Lipinski definition) is 5. The Hall–Kier alpha value is -2.17. The molecule has 2 rings (SSSR count). The average Bonchev–Trinajstić information content (AvgIpc) is 2.47. The molecule has 1 aromatic heterocycles. The molecular formula is C15H21N5. The number of benzene rings is 1. The van der Waals surface area contributed by atoms with Crippen molar-refractivity contribution in [3.8, 4) is 11.4 Å². The Morgan fingerprint density at radius 1 is 1.00 bits per heavy atom. The van der Waals surface area contributed by atoms with Crippen LogP contribution in [0, 0.1) is 0 Å². The van der Waals surface area contributed by atoms with Crippen molar-refractivity contribution in [2.24, 2.45) is 0 Å². The number of nitrogens with zero attached hydrogens (tertiary/aromatic N) is 4. The van der Waals surface area contributed by atoms with Gasteiger partial charge in [-0.3, -0.25) is 0 Å². The van der Waals surface area contributed by atoms with Gasteiger partial charge in [-0.2, -0.15) is 15.0 Å². The smallest absolute Gasteiger partial charge is 0.230 e. The highest BCUT2D eigenvalue weighted by Crippen LogP contribution is 2.19. The summed E-state index contributed by atoms with van der Waals surface area (Å²) in [5.74, 6) is 1.97. The summed E-state index contributed by atoms with van der Waals surface area (Å²) in [6.07, 6.45) is 1.03. The molecular weight excluding hydrogens is 250 g/mol. The molecule has 5 heteroatoms. The Morgan fingerprint density at radius 3 is 2.25 bits per heavy atom. The van der Waals surface area contributed by atoms with E-state index in [1.807, 2.05) is 25.9 Å². The van der Waals surface area contributed by atoms with E-state index in [4.69, 9.17) is 0 Å². The third kappa shape index (κ3) is 3.23. The van der Waals surface area contributed by atoms with Crippen LogP contribution in [-0.4, -0.2) is 35.6 Å². The molecule has 1 aromatic carbocycles. The van der Waals surface area contributed by atoms with Crippen LogP contribution in [0.4, 0.5) is 11.9 Å². The van der Waals surface area contributed by atoms with Gasteiger partial charge >= 0.3 is 0 Å². The minimum Gasteiger partial charge on any atom is -0.354 e. The van der Waals surface area contributed by atoms with Gasteiger partial charge in [-0.15, -0.1) is 0 Å². The lowest BCUT2D eigenvalue weighted by Gasteiger charge is -2.13. The van der Waals surface area contributed by atoms with Crippen LogP contribution in [0.1, 0.15) is 19.4 Å². The summed E-state index contributed by atoms with van der Waals surface area (Å²) in [6.45, 7) is 4.95. The van der Waals surface area contributed by atoms with Crippen LogP contribution >= 0.6 is 0 Å². The maximum Gasteiger partial charge on any atom is 0.230 e. The topological polar surface area (TPSA) is 53.9 Å². The number of rotatable bonds is 5. The van der Waals surface area contributed by atoms with Crippen molar-refractivity contribution in [2.75, 3.05) is 30.9 Å². The number of nitrogens with one attached hydrogen (secondary N) is 1. The lowest BCUT2D eigenvalue weighted by atomic mass is 10.1. The zero-order valence-electron chi connectivity index (χ0n) is 12.5. The van der Waals surface area contributed by atoms with E-state index in [1.165, 1.54) is 5.56 Å². The van der Waals surface area contributed by atoms with Gasteiger partial charge in [0.1, 0.15) is 0 Å². The Bertz CT molecular complexity index is 563. The fraction of sp³-hybridized carbons (Fsp3) is 0.400. The standard InChI is InChI=1S/C15H21N5/c1-5-11-7-9-12(10-8-11)13-17-14(16-6-2)19-15(18-13)20(3)4/h7-10H,5-6H2,1-4H3,(H,16,17,18,19). The summed E-state index contributed by atoms with van der Waals surface area (Å²) >= 11 is 0. The largest absolute Gasteiger partial charge is 0.354 e. The van der Waals surface area contributed by atoms with Crippen LogP contribution < -0.4 is 10.2 Å². The maximum absolute atomic E-state index is 4.50. The van der Waals surface area contributed by atoms with E-state index in [2.05, 4.69) is 51.5 Å². The minimum atomic E-state index is 0.612. The van der Waals surface area contributed by atoms with E-state index >= 15 is 0 Å². The lowest BCUT2D eigenvalue weighted by Crippen LogP contribution is -2.15. The van der Waals surface area contributed by atoms with Crippen LogP contribution in [0.3, 0.4) is 0 Å². The van der Waals surface area contributed by atoms with Crippen LogP contribution in [0.25, 0.3) is 11.4 Å². The summed E-state index contributed by atoms with van der Waals surface area (Å²) in [5, 5.41) is 3.15. The molecule has 106 valence electrons. The van der Waals surface area contributed by atoms with Crippen molar-refractivity contribution < 1.29 is 0 Å². The van der Waals surface area contributed by atoms with E-state index in [1.54, 1.807) is 0 Å². The zero-order valence-corrected chi connectivity index (χ0v) is 12.5. The average molecular weight is 271 g/mol. The van der Waals surface area contributed by atoms with Gasteiger partial charge in [0.2, 0.25) is 11.9 Å². The molecule has 0 aliphatic carbocycles. The lowest BCUT2D eigenvalue weighted by molar-refractivity contribution is 0.953. The Kier molecular flexibility index (Phi) is 4.50. The molecule has 0 saturated heterocycles.